The highest BCUT2D eigenvalue weighted by atomic mass is 127. The van der Waals surface area contributed by atoms with Gasteiger partial charge in [0.25, 0.3) is 0 Å². The van der Waals surface area contributed by atoms with E-state index in [4.69, 9.17) is 0 Å². The maximum atomic E-state index is 2.44. The molecule has 0 aromatic rings. The number of halogens is 1. The first-order chi connectivity index (χ1) is 5.41. The monoisotopic (exact) mass is 284 g/mol. The summed E-state index contributed by atoms with van der Waals surface area (Å²) in [5, 5.41) is 4.44. The fourth-order valence-corrected chi connectivity index (χ4v) is 1.58. The number of rotatable bonds is 5. The van der Waals surface area contributed by atoms with E-state index >= 15 is 0 Å². The molecular weight excluding hydrogens is 263 g/mol. The van der Waals surface area contributed by atoms with Gasteiger partial charge in [-0.1, -0.05) is 22.6 Å². The Labute approximate surface area is 90.4 Å². The Morgan fingerprint density at radius 2 is 1.67 bits per heavy atom. The molecule has 0 rings (SSSR count). The predicted octanol–water partition coefficient (Wildman–Crippen LogP) is 2.39. The largest absolute Gasteiger partial charge is 0.248 e. The Morgan fingerprint density at radius 3 is 2.00 bits per heavy atom. The first-order valence-electron chi connectivity index (χ1n) is 4.39. The zero-order valence-electron chi connectivity index (χ0n) is 8.89. The molecule has 0 aliphatic carbocycles. The molecule has 0 atom stereocenters. The number of hydrogen-bond donors (Lipinski definition) is 0. The van der Waals surface area contributed by atoms with E-state index in [2.05, 4.69) is 67.6 Å². The van der Waals surface area contributed by atoms with Crippen LogP contribution in [0.5, 0.6) is 0 Å². The van der Waals surface area contributed by atoms with Crippen LogP contribution in [0.25, 0.3) is 0 Å². The molecule has 0 unspecified atom stereocenters. The van der Waals surface area contributed by atoms with E-state index in [1.54, 1.807) is 0 Å². The summed E-state index contributed by atoms with van der Waals surface area (Å²) in [5.41, 5.74) is 0.286. The van der Waals surface area contributed by atoms with Crippen molar-refractivity contribution in [2.75, 3.05) is 25.6 Å². The second-order valence-electron chi connectivity index (χ2n) is 3.98. The first kappa shape index (κ1) is 12.7. The standard InChI is InChI=1S/C9H21IN2/c1-9(2,7-6-8-10)12(5)11(3)4/h6-8H2,1-5H3. The fourth-order valence-electron chi connectivity index (χ4n) is 1.20. The van der Waals surface area contributed by atoms with Crippen LogP contribution in [0, 0.1) is 0 Å². The van der Waals surface area contributed by atoms with Gasteiger partial charge in [-0.3, -0.25) is 0 Å². The topological polar surface area (TPSA) is 6.48 Å². The summed E-state index contributed by atoms with van der Waals surface area (Å²) in [4.78, 5) is 0. The smallest absolute Gasteiger partial charge is 0.0297 e. The van der Waals surface area contributed by atoms with Gasteiger partial charge in [0.2, 0.25) is 0 Å². The van der Waals surface area contributed by atoms with Crippen LogP contribution in [0.15, 0.2) is 0 Å². The van der Waals surface area contributed by atoms with E-state index in [0.29, 0.717) is 0 Å². The van der Waals surface area contributed by atoms with Crippen LogP contribution < -0.4 is 0 Å². The van der Waals surface area contributed by atoms with Crippen LogP contribution in [0.4, 0.5) is 0 Å². The molecule has 3 heteroatoms. The van der Waals surface area contributed by atoms with Crippen LogP contribution >= 0.6 is 22.6 Å². The Morgan fingerprint density at radius 1 is 1.17 bits per heavy atom. The second-order valence-corrected chi connectivity index (χ2v) is 5.05. The molecule has 12 heavy (non-hydrogen) atoms. The second kappa shape index (κ2) is 5.40. The van der Waals surface area contributed by atoms with E-state index in [9.17, 15) is 0 Å². The van der Waals surface area contributed by atoms with Crippen molar-refractivity contribution >= 4 is 22.6 Å². The Hall–Kier alpha value is 0.650. The van der Waals surface area contributed by atoms with E-state index in [0.717, 1.165) is 0 Å². The summed E-state index contributed by atoms with van der Waals surface area (Å²) in [7, 11) is 6.32. The lowest BCUT2D eigenvalue weighted by Gasteiger charge is -2.39. The van der Waals surface area contributed by atoms with Crippen molar-refractivity contribution in [3.05, 3.63) is 0 Å². The summed E-state index contributed by atoms with van der Waals surface area (Å²) in [5.74, 6) is 0. The van der Waals surface area contributed by atoms with Gasteiger partial charge >= 0.3 is 0 Å². The highest BCUT2D eigenvalue weighted by Crippen LogP contribution is 2.19. The van der Waals surface area contributed by atoms with E-state index in [-0.39, 0.29) is 5.54 Å². The first-order valence-corrected chi connectivity index (χ1v) is 5.91. The van der Waals surface area contributed by atoms with Crippen LogP contribution in [-0.4, -0.2) is 41.1 Å². The van der Waals surface area contributed by atoms with Crippen molar-refractivity contribution in [2.45, 2.75) is 32.2 Å². The molecule has 0 spiro atoms. The molecule has 74 valence electrons. The van der Waals surface area contributed by atoms with Gasteiger partial charge in [0.05, 0.1) is 0 Å². The summed E-state index contributed by atoms with van der Waals surface area (Å²) >= 11 is 2.44. The van der Waals surface area contributed by atoms with E-state index in [1.807, 2.05) is 0 Å². The lowest BCUT2D eigenvalue weighted by atomic mass is 9.99. The molecule has 0 aliphatic heterocycles. The van der Waals surface area contributed by atoms with Crippen molar-refractivity contribution in [3.63, 3.8) is 0 Å². The normalized spacial score (nSPS) is 13.0. The van der Waals surface area contributed by atoms with E-state index in [1.165, 1.54) is 17.3 Å². The summed E-state index contributed by atoms with van der Waals surface area (Å²) in [6.45, 7) is 4.58. The number of alkyl halides is 1. The minimum absolute atomic E-state index is 0.286. The maximum Gasteiger partial charge on any atom is 0.0297 e. The van der Waals surface area contributed by atoms with Crippen molar-refractivity contribution in [3.8, 4) is 0 Å². The molecule has 2 nitrogen and oxygen atoms in total. The molecule has 0 heterocycles. The molecule has 0 bridgehead atoms. The van der Waals surface area contributed by atoms with Crippen LogP contribution in [0.3, 0.4) is 0 Å². The summed E-state index contributed by atoms with van der Waals surface area (Å²) < 4.78 is 1.25. The van der Waals surface area contributed by atoms with Gasteiger partial charge in [-0.15, -0.1) is 0 Å². The van der Waals surface area contributed by atoms with E-state index < -0.39 is 0 Å². The van der Waals surface area contributed by atoms with Crippen LogP contribution in [0.1, 0.15) is 26.7 Å². The zero-order valence-corrected chi connectivity index (χ0v) is 11.1. The van der Waals surface area contributed by atoms with Gasteiger partial charge in [-0.25, -0.2) is 10.0 Å². The molecule has 0 saturated heterocycles. The minimum Gasteiger partial charge on any atom is -0.248 e. The molecular formula is C9H21IN2. The van der Waals surface area contributed by atoms with Crippen LogP contribution in [-0.2, 0) is 0 Å². The minimum atomic E-state index is 0.286. The maximum absolute atomic E-state index is 2.44. The number of hydrogen-bond acceptors (Lipinski definition) is 2. The lowest BCUT2D eigenvalue weighted by Crippen LogP contribution is -2.48. The van der Waals surface area contributed by atoms with Gasteiger partial charge < -0.3 is 0 Å². The zero-order chi connectivity index (χ0) is 9.78. The molecule has 0 aromatic heterocycles. The average Bonchev–Trinajstić information content (AvgIpc) is 1.99. The van der Waals surface area contributed by atoms with Crippen molar-refractivity contribution < 1.29 is 0 Å². The average molecular weight is 284 g/mol. The highest BCUT2D eigenvalue weighted by Gasteiger charge is 2.23. The molecule has 0 fully saturated rings. The molecule has 0 saturated carbocycles. The Kier molecular flexibility index (Phi) is 5.69. The SMILES string of the molecule is CN(C)N(C)C(C)(C)CCCI. The molecule has 0 aliphatic rings. The summed E-state index contributed by atoms with van der Waals surface area (Å²) in [6, 6.07) is 0. The highest BCUT2D eigenvalue weighted by molar-refractivity contribution is 14.1. The number of nitrogens with zero attached hydrogens (tertiary/aromatic N) is 2. The van der Waals surface area contributed by atoms with Crippen molar-refractivity contribution in [1.82, 2.24) is 10.0 Å². The third-order valence-corrected chi connectivity index (χ3v) is 3.16. The Bertz CT molecular complexity index is 124. The summed E-state index contributed by atoms with van der Waals surface area (Å²) in [6.07, 6.45) is 2.55. The quantitative estimate of drug-likeness (QED) is 0.434. The fraction of sp³-hybridized carbons (Fsp3) is 1.00. The predicted molar refractivity (Wildman–Crippen MR) is 63.7 cm³/mol. The molecule has 0 radical (unpaired) electrons. The number of hydrazine groups is 1. The van der Waals surface area contributed by atoms with Crippen molar-refractivity contribution in [1.29, 1.82) is 0 Å². The lowest BCUT2D eigenvalue weighted by molar-refractivity contribution is -0.0400. The van der Waals surface area contributed by atoms with Gasteiger partial charge in [0.15, 0.2) is 0 Å². The molecule has 0 N–H and O–H groups in total. The van der Waals surface area contributed by atoms with Crippen molar-refractivity contribution in [2.24, 2.45) is 0 Å². The van der Waals surface area contributed by atoms with Gasteiger partial charge in [0.1, 0.15) is 0 Å². The third-order valence-electron chi connectivity index (χ3n) is 2.40. The van der Waals surface area contributed by atoms with Gasteiger partial charge in [-0.05, 0) is 31.1 Å². The molecule has 0 amide bonds. The molecule has 0 aromatic carbocycles. The van der Waals surface area contributed by atoms with Gasteiger partial charge in [-0.2, -0.15) is 0 Å². The van der Waals surface area contributed by atoms with Gasteiger partial charge in [0, 0.05) is 26.7 Å². The third kappa shape index (κ3) is 4.05. The Balaban J connectivity index is 3.99. The van der Waals surface area contributed by atoms with Crippen LogP contribution in [0.2, 0.25) is 0 Å².